The van der Waals surface area contributed by atoms with Crippen LogP contribution in [0.5, 0.6) is 0 Å². The third kappa shape index (κ3) is 2.15. The predicted octanol–water partition coefficient (Wildman–Crippen LogP) is 3.30. The fourth-order valence-corrected chi connectivity index (χ4v) is 2.77. The van der Waals surface area contributed by atoms with Crippen molar-refractivity contribution in [2.75, 3.05) is 0 Å². The van der Waals surface area contributed by atoms with Crippen molar-refractivity contribution in [2.24, 2.45) is 11.3 Å². The lowest BCUT2D eigenvalue weighted by Crippen LogP contribution is -2.33. The molecule has 0 fully saturated rings. The fraction of sp³-hybridized carbons (Fsp3) is 0.438. The van der Waals surface area contributed by atoms with E-state index in [0.717, 1.165) is 23.9 Å². The van der Waals surface area contributed by atoms with Gasteiger partial charge in [-0.1, -0.05) is 39.0 Å². The summed E-state index contributed by atoms with van der Waals surface area (Å²) in [7, 11) is 0. The second kappa shape index (κ2) is 4.54. The lowest BCUT2D eigenvalue weighted by Gasteiger charge is -2.32. The molecule has 3 rings (SSSR count). The molecule has 1 unspecified atom stereocenters. The molecule has 0 aliphatic heterocycles. The normalized spacial score (nSPS) is 20.2. The van der Waals surface area contributed by atoms with Gasteiger partial charge >= 0.3 is 0 Å². The SMILES string of the molecule is CC(C)(C)C1CCC=C(n2nc3ccccc3n2)C1=O. The van der Waals surface area contributed by atoms with Crippen LogP contribution >= 0.6 is 0 Å². The van der Waals surface area contributed by atoms with Gasteiger partial charge in [0.15, 0.2) is 5.78 Å². The average Bonchev–Trinajstić information content (AvgIpc) is 2.81. The Labute approximate surface area is 118 Å². The van der Waals surface area contributed by atoms with Crippen molar-refractivity contribution >= 4 is 22.5 Å². The Morgan fingerprint density at radius 1 is 1.15 bits per heavy atom. The third-order valence-electron chi connectivity index (χ3n) is 3.91. The van der Waals surface area contributed by atoms with Gasteiger partial charge in [-0.3, -0.25) is 4.79 Å². The number of carbonyl (C=O) groups is 1. The lowest BCUT2D eigenvalue weighted by atomic mass is 9.73. The number of allylic oxidation sites excluding steroid dienone is 2. The molecule has 1 heterocycles. The monoisotopic (exact) mass is 269 g/mol. The van der Waals surface area contributed by atoms with Crippen LogP contribution in [0.15, 0.2) is 30.3 Å². The van der Waals surface area contributed by atoms with Crippen molar-refractivity contribution < 1.29 is 4.79 Å². The van der Waals surface area contributed by atoms with Gasteiger partial charge in [-0.25, -0.2) is 0 Å². The Morgan fingerprint density at radius 3 is 2.30 bits per heavy atom. The van der Waals surface area contributed by atoms with E-state index in [9.17, 15) is 4.79 Å². The average molecular weight is 269 g/mol. The number of hydrogen-bond donors (Lipinski definition) is 0. The van der Waals surface area contributed by atoms with Gasteiger partial charge in [0.05, 0.1) is 0 Å². The molecule has 0 radical (unpaired) electrons. The van der Waals surface area contributed by atoms with Gasteiger partial charge in [-0.15, -0.1) is 15.0 Å². The first kappa shape index (κ1) is 13.0. The second-order valence-electron chi connectivity index (χ2n) is 6.43. The summed E-state index contributed by atoms with van der Waals surface area (Å²) in [5.41, 5.74) is 2.23. The molecule has 1 atom stereocenters. The molecule has 0 N–H and O–H groups in total. The molecule has 1 aromatic heterocycles. The number of ketones is 1. The van der Waals surface area contributed by atoms with Crippen LogP contribution in [-0.2, 0) is 4.79 Å². The standard InChI is InChI=1S/C16H19N3O/c1-16(2,3)11-7-6-10-14(15(11)20)19-17-12-8-4-5-9-13(12)18-19/h4-5,8-11H,6-7H2,1-3H3. The van der Waals surface area contributed by atoms with Crippen molar-refractivity contribution in [3.05, 3.63) is 30.3 Å². The summed E-state index contributed by atoms with van der Waals surface area (Å²) in [5.74, 6) is 0.195. The van der Waals surface area contributed by atoms with E-state index in [-0.39, 0.29) is 17.1 Å². The molecule has 104 valence electrons. The summed E-state index contributed by atoms with van der Waals surface area (Å²) in [4.78, 5) is 14.2. The highest BCUT2D eigenvalue weighted by Crippen LogP contribution is 2.36. The molecule has 4 nitrogen and oxygen atoms in total. The van der Waals surface area contributed by atoms with Crippen LogP contribution in [-0.4, -0.2) is 20.8 Å². The van der Waals surface area contributed by atoms with E-state index >= 15 is 0 Å². The van der Waals surface area contributed by atoms with Crippen LogP contribution in [0.1, 0.15) is 33.6 Å². The summed E-state index contributed by atoms with van der Waals surface area (Å²) in [6.45, 7) is 6.35. The minimum Gasteiger partial charge on any atom is -0.292 e. The molecular formula is C16H19N3O. The molecule has 20 heavy (non-hydrogen) atoms. The number of benzene rings is 1. The first-order valence-electron chi connectivity index (χ1n) is 7.03. The van der Waals surface area contributed by atoms with Crippen LogP contribution in [0.2, 0.25) is 0 Å². The predicted molar refractivity (Wildman–Crippen MR) is 79.0 cm³/mol. The maximum absolute atomic E-state index is 12.7. The van der Waals surface area contributed by atoms with E-state index in [2.05, 4.69) is 31.0 Å². The van der Waals surface area contributed by atoms with Gasteiger partial charge in [-0.05, 0) is 30.4 Å². The molecular weight excluding hydrogens is 250 g/mol. The summed E-state index contributed by atoms with van der Waals surface area (Å²) in [6, 6.07) is 7.68. The van der Waals surface area contributed by atoms with Gasteiger partial charge in [0.2, 0.25) is 0 Å². The highest BCUT2D eigenvalue weighted by molar-refractivity contribution is 6.16. The second-order valence-corrected chi connectivity index (χ2v) is 6.43. The number of fused-ring (bicyclic) bond motifs is 1. The zero-order valence-electron chi connectivity index (χ0n) is 12.1. The smallest absolute Gasteiger partial charge is 0.186 e. The van der Waals surface area contributed by atoms with Gasteiger partial charge in [-0.2, -0.15) is 0 Å². The summed E-state index contributed by atoms with van der Waals surface area (Å²) < 4.78 is 0. The van der Waals surface area contributed by atoms with Crippen LogP contribution in [0.4, 0.5) is 0 Å². The third-order valence-corrected chi connectivity index (χ3v) is 3.91. The van der Waals surface area contributed by atoms with E-state index in [0.29, 0.717) is 5.70 Å². The van der Waals surface area contributed by atoms with Gasteiger partial charge in [0.1, 0.15) is 16.7 Å². The van der Waals surface area contributed by atoms with Crippen LogP contribution < -0.4 is 0 Å². The van der Waals surface area contributed by atoms with Crippen LogP contribution in [0.25, 0.3) is 16.7 Å². The van der Waals surface area contributed by atoms with Crippen LogP contribution in [0.3, 0.4) is 0 Å². The Kier molecular flexibility index (Phi) is 2.96. The van der Waals surface area contributed by atoms with Crippen molar-refractivity contribution in [1.82, 2.24) is 15.0 Å². The van der Waals surface area contributed by atoms with Gasteiger partial charge in [0, 0.05) is 5.92 Å². The molecule has 1 aliphatic carbocycles. The number of hydrogen-bond acceptors (Lipinski definition) is 3. The highest BCUT2D eigenvalue weighted by atomic mass is 16.1. The molecule has 0 saturated heterocycles. The van der Waals surface area contributed by atoms with Crippen molar-refractivity contribution in [1.29, 1.82) is 0 Å². The number of Topliss-reactive ketones (excluding diaryl/α,β-unsaturated/α-hetero) is 1. The van der Waals surface area contributed by atoms with Gasteiger partial charge < -0.3 is 0 Å². The minimum absolute atomic E-state index is 0.0246. The van der Waals surface area contributed by atoms with Crippen molar-refractivity contribution in [3.8, 4) is 0 Å². The molecule has 2 aromatic rings. The molecule has 0 spiro atoms. The molecule has 0 saturated carbocycles. The molecule has 4 heteroatoms. The topological polar surface area (TPSA) is 47.8 Å². The fourth-order valence-electron chi connectivity index (χ4n) is 2.77. The lowest BCUT2D eigenvalue weighted by molar-refractivity contribution is -0.121. The van der Waals surface area contributed by atoms with E-state index in [1.54, 1.807) is 0 Å². The summed E-state index contributed by atoms with van der Waals surface area (Å²) >= 11 is 0. The number of carbonyl (C=O) groups excluding carboxylic acids is 1. The zero-order chi connectivity index (χ0) is 14.3. The first-order valence-corrected chi connectivity index (χ1v) is 7.03. The summed E-state index contributed by atoms with van der Waals surface area (Å²) in [6.07, 6.45) is 3.77. The van der Waals surface area contributed by atoms with E-state index < -0.39 is 0 Å². The highest BCUT2D eigenvalue weighted by Gasteiger charge is 2.35. The van der Waals surface area contributed by atoms with Gasteiger partial charge in [0.25, 0.3) is 0 Å². The Bertz CT molecular complexity index is 658. The molecule has 0 amide bonds. The van der Waals surface area contributed by atoms with E-state index in [4.69, 9.17) is 0 Å². The number of nitrogens with zero attached hydrogens (tertiary/aromatic N) is 3. The maximum atomic E-state index is 12.7. The number of rotatable bonds is 1. The largest absolute Gasteiger partial charge is 0.292 e. The van der Waals surface area contributed by atoms with Crippen molar-refractivity contribution in [2.45, 2.75) is 33.6 Å². The maximum Gasteiger partial charge on any atom is 0.186 e. The number of aromatic nitrogens is 3. The van der Waals surface area contributed by atoms with E-state index in [1.807, 2.05) is 30.3 Å². The van der Waals surface area contributed by atoms with Crippen molar-refractivity contribution in [3.63, 3.8) is 0 Å². The molecule has 1 aliphatic rings. The zero-order valence-corrected chi connectivity index (χ0v) is 12.1. The quantitative estimate of drug-likeness (QED) is 0.798. The van der Waals surface area contributed by atoms with Crippen LogP contribution in [0, 0.1) is 11.3 Å². The first-order chi connectivity index (χ1) is 9.47. The Morgan fingerprint density at radius 2 is 1.75 bits per heavy atom. The summed E-state index contributed by atoms with van der Waals surface area (Å²) in [5, 5.41) is 8.84. The van der Waals surface area contributed by atoms with E-state index in [1.165, 1.54) is 4.80 Å². The molecule has 0 bridgehead atoms. The Hall–Kier alpha value is -1.97. The Balaban J connectivity index is 2.01. The molecule has 1 aromatic carbocycles. The minimum atomic E-state index is -0.0246.